The number of aliphatic hydroxyl groups is 1. The van der Waals surface area contributed by atoms with Gasteiger partial charge in [-0.15, -0.1) is 0 Å². The average molecular weight is 236 g/mol. The highest BCUT2D eigenvalue weighted by molar-refractivity contribution is 5.78. The molecular formula is C13H13FO3. The van der Waals surface area contributed by atoms with Gasteiger partial charge >= 0.3 is 0 Å². The second-order valence-electron chi connectivity index (χ2n) is 4.38. The lowest BCUT2D eigenvalue weighted by molar-refractivity contribution is 0.0752. The van der Waals surface area contributed by atoms with Crippen LogP contribution >= 0.6 is 0 Å². The summed E-state index contributed by atoms with van der Waals surface area (Å²) in [5.74, 6) is 0.0582. The Morgan fingerprint density at radius 1 is 1.41 bits per heavy atom. The Morgan fingerprint density at radius 2 is 2.29 bits per heavy atom. The molecule has 1 aliphatic rings. The van der Waals surface area contributed by atoms with Gasteiger partial charge in [0.15, 0.2) is 11.4 Å². The summed E-state index contributed by atoms with van der Waals surface area (Å²) in [6.45, 7) is 1.19. The average Bonchev–Trinajstić information content (AvgIpc) is 2.98. The van der Waals surface area contributed by atoms with Gasteiger partial charge in [-0.3, -0.25) is 0 Å². The molecule has 2 heterocycles. The number of benzene rings is 1. The number of para-hydroxylation sites is 1. The lowest BCUT2D eigenvalue weighted by atomic mass is 10.00. The van der Waals surface area contributed by atoms with E-state index < -0.39 is 11.9 Å². The van der Waals surface area contributed by atoms with E-state index in [1.165, 1.54) is 6.07 Å². The van der Waals surface area contributed by atoms with Crippen LogP contribution in [0.2, 0.25) is 0 Å². The molecule has 2 unspecified atom stereocenters. The van der Waals surface area contributed by atoms with Gasteiger partial charge in [-0.25, -0.2) is 4.39 Å². The molecule has 1 aliphatic heterocycles. The standard InChI is InChI=1S/C13H13FO3/c14-10-3-1-2-8-6-11(17-13(8)10)12(15)9-4-5-16-7-9/h1-3,6,9,12,15H,4-5,7H2. The van der Waals surface area contributed by atoms with Gasteiger partial charge in [0.05, 0.1) is 6.61 Å². The lowest BCUT2D eigenvalue weighted by Gasteiger charge is -2.13. The van der Waals surface area contributed by atoms with Crippen LogP contribution in [0.3, 0.4) is 0 Å². The molecule has 90 valence electrons. The molecule has 0 radical (unpaired) electrons. The fourth-order valence-electron chi connectivity index (χ4n) is 2.23. The number of furan rings is 1. The van der Waals surface area contributed by atoms with Gasteiger partial charge in [-0.1, -0.05) is 12.1 Å². The third-order valence-corrected chi connectivity index (χ3v) is 3.22. The number of fused-ring (bicyclic) bond motifs is 1. The summed E-state index contributed by atoms with van der Waals surface area (Å²) in [7, 11) is 0. The van der Waals surface area contributed by atoms with Crippen molar-refractivity contribution >= 4 is 11.0 Å². The molecule has 3 rings (SSSR count). The quantitative estimate of drug-likeness (QED) is 0.871. The van der Waals surface area contributed by atoms with Crippen LogP contribution in [0.25, 0.3) is 11.0 Å². The van der Waals surface area contributed by atoms with E-state index in [0.717, 1.165) is 6.42 Å². The molecule has 0 amide bonds. The van der Waals surface area contributed by atoms with Crippen molar-refractivity contribution in [2.24, 2.45) is 5.92 Å². The maximum absolute atomic E-state index is 13.4. The molecule has 2 aromatic rings. The van der Waals surface area contributed by atoms with Crippen molar-refractivity contribution < 1.29 is 18.7 Å². The van der Waals surface area contributed by atoms with Crippen molar-refractivity contribution in [3.8, 4) is 0 Å². The van der Waals surface area contributed by atoms with E-state index >= 15 is 0 Å². The third kappa shape index (κ3) is 1.83. The van der Waals surface area contributed by atoms with Gasteiger partial charge in [0.1, 0.15) is 11.9 Å². The van der Waals surface area contributed by atoms with Crippen LogP contribution in [0.4, 0.5) is 4.39 Å². The first kappa shape index (κ1) is 10.7. The van der Waals surface area contributed by atoms with Crippen molar-refractivity contribution in [1.29, 1.82) is 0 Å². The summed E-state index contributed by atoms with van der Waals surface area (Å²) in [4.78, 5) is 0. The molecule has 1 aromatic heterocycles. The van der Waals surface area contributed by atoms with Gasteiger partial charge < -0.3 is 14.3 Å². The summed E-state index contributed by atoms with van der Waals surface area (Å²) >= 11 is 0. The monoisotopic (exact) mass is 236 g/mol. The minimum atomic E-state index is -0.718. The molecule has 0 aliphatic carbocycles. The molecule has 1 fully saturated rings. The summed E-state index contributed by atoms with van der Waals surface area (Å²) in [5, 5.41) is 10.8. The van der Waals surface area contributed by atoms with E-state index in [0.29, 0.717) is 24.4 Å². The van der Waals surface area contributed by atoms with Gasteiger partial charge in [0.25, 0.3) is 0 Å². The third-order valence-electron chi connectivity index (χ3n) is 3.22. The van der Waals surface area contributed by atoms with Gasteiger partial charge in [-0.2, -0.15) is 0 Å². The van der Waals surface area contributed by atoms with Crippen LogP contribution in [-0.2, 0) is 4.74 Å². The molecule has 17 heavy (non-hydrogen) atoms. The molecule has 0 bridgehead atoms. The van der Waals surface area contributed by atoms with E-state index in [-0.39, 0.29) is 11.5 Å². The Labute approximate surface area is 97.8 Å². The minimum absolute atomic E-state index is 0.0404. The van der Waals surface area contributed by atoms with Crippen LogP contribution in [0, 0.1) is 11.7 Å². The topological polar surface area (TPSA) is 42.6 Å². The summed E-state index contributed by atoms with van der Waals surface area (Å²) in [6.07, 6.45) is 0.0880. The highest BCUT2D eigenvalue weighted by atomic mass is 19.1. The van der Waals surface area contributed by atoms with E-state index in [2.05, 4.69) is 0 Å². The summed E-state index contributed by atoms with van der Waals surface area (Å²) < 4.78 is 24.1. The summed E-state index contributed by atoms with van der Waals surface area (Å²) in [6, 6.07) is 6.44. The number of hydrogen-bond acceptors (Lipinski definition) is 3. The number of halogens is 1. The van der Waals surface area contributed by atoms with E-state index in [4.69, 9.17) is 9.15 Å². The molecule has 1 N–H and O–H groups in total. The van der Waals surface area contributed by atoms with Crippen molar-refractivity contribution in [3.05, 3.63) is 35.8 Å². The molecule has 1 aromatic carbocycles. The molecule has 0 spiro atoms. The van der Waals surface area contributed by atoms with E-state index in [1.807, 2.05) is 0 Å². The predicted octanol–water partition coefficient (Wildman–Crippen LogP) is 2.64. The van der Waals surface area contributed by atoms with Gasteiger partial charge in [-0.05, 0) is 18.6 Å². The van der Waals surface area contributed by atoms with Crippen LogP contribution in [0.1, 0.15) is 18.3 Å². The second-order valence-corrected chi connectivity index (χ2v) is 4.38. The highest BCUT2D eigenvalue weighted by Gasteiger charge is 2.28. The van der Waals surface area contributed by atoms with Crippen molar-refractivity contribution in [3.63, 3.8) is 0 Å². The Morgan fingerprint density at radius 3 is 3.00 bits per heavy atom. The van der Waals surface area contributed by atoms with Gasteiger partial charge in [0.2, 0.25) is 0 Å². The molecule has 3 nitrogen and oxygen atoms in total. The van der Waals surface area contributed by atoms with Crippen LogP contribution in [-0.4, -0.2) is 18.3 Å². The molecular weight excluding hydrogens is 223 g/mol. The smallest absolute Gasteiger partial charge is 0.170 e. The first-order chi connectivity index (χ1) is 8.25. The van der Waals surface area contributed by atoms with Crippen molar-refractivity contribution in [2.45, 2.75) is 12.5 Å². The number of aliphatic hydroxyl groups excluding tert-OH is 1. The largest absolute Gasteiger partial charge is 0.455 e. The second kappa shape index (κ2) is 4.13. The van der Waals surface area contributed by atoms with E-state index in [9.17, 15) is 9.50 Å². The van der Waals surface area contributed by atoms with Crippen LogP contribution in [0.5, 0.6) is 0 Å². The maximum Gasteiger partial charge on any atom is 0.170 e. The molecule has 4 heteroatoms. The fourth-order valence-corrected chi connectivity index (χ4v) is 2.23. The zero-order valence-electron chi connectivity index (χ0n) is 9.23. The first-order valence-corrected chi connectivity index (χ1v) is 5.69. The Hall–Kier alpha value is -1.39. The molecule has 2 atom stereocenters. The van der Waals surface area contributed by atoms with Crippen molar-refractivity contribution in [1.82, 2.24) is 0 Å². The minimum Gasteiger partial charge on any atom is -0.455 e. The highest BCUT2D eigenvalue weighted by Crippen LogP contribution is 2.32. The van der Waals surface area contributed by atoms with Crippen LogP contribution in [0.15, 0.2) is 28.7 Å². The summed E-state index contributed by atoms with van der Waals surface area (Å²) in [5.41, 5.74) is 0.209. The molecule has 0 saturated carbocycles. The van der Waals surface area contributed by atoms with Crippen LogP contribution < -0.4 is 0 Å². The zero-order valence-corrected chi connectivity index (χ0v) is 9.23. The number of ether oxygens (including phenoxy) is 1. The van der Waals surface area contributed by atoms with Gasteiger partial charge in [0, 0.05) is 17.9 Å². The zero-order chi connectivity index (χ0) is 11.8. The Balaban J connectivity index is 1.97. The maximum atomic E-state index is 13.4. The SMILES string of the molecule is OC(c1cc2cccc(F)c2o1)C1CCOC1. The Bertz CT molecular complexity index is 528. The first-order valence-electron chi connectivity index (χ1n) is 5.69. The fraction of sp³-hybridized carbons (Fsp3) is 0.385. The molecule has 1 saturated heterocycles. The normalized spacial score (nSPS) is 22.1. The lowest BCUT2D eigenvalue weighted by Crippen LogP contribution is -2.11. The number of rotatable bonds is 2. The van der Waals surface area contributed by atoms with E-state index in [1.54, 1.807) is 18.2 Å². The predicted molar refractivity (Wildman–Crippen MR) is 60.1 cm³/mol. The Kier molecular flexibility index (Phi) is 2.61. The number of hydrogen-bond donors (Lipinski definition) is 1. The van der Waals surface area contributed by atoms with Crippen molar-refractivity contribution in [2.75, 3.05) is 13.2 Å².